The number of esters is 1. The van der Waals surface area contributed by atoms with Gasteiger partial charge in [0.2, 0.25) is 0 Å². The van der Waals surface area contributed by atoms with E-state index in [1.807, 2.05) is 0 Å². The highest BCUT2D eigenvalue weighted by Crippen LogP contribution is 2.16. The number of hydrogen-bond acceptors (Lipinski definition) is 5. The SMILES string of the molecule is CCOC(=O)c1ccc(NC(=O)c2ccc(N=Cc3ccco3)cc2)cc1. The van der Waals surface area contributed by atoms with Crippen molar-refractivity contribution >= 4 is 29.5 Å². The molecule has 0 bridgehead atoms. The normalized spacial score (nSPS) is 10.7. The average molecular weight is 362 g/mol. The predicted molar refractivity (Wildman–Crippen MR) is 103 cm³/mol. The molecular formula is C21H18N2O4. The zero-order valence-electron chi connectivity index (χ0n) is 14.7. The Morgan fingerprint density at radius 1 is 1.04 bits per heavy atom. The summed E-state index contributed by atoms with van der Waals surface area (Å²) in [4.78, 5) is 28.2. The van der Waals surface area contributed by atoms with Crippen molar-refractivity contribution in [1.82, 2.24) is 0 Å². The fourth-order valence-electron chi connectivity index (χ4n) is 2.31. The van der Waals surface area contributed by atoms with Crippen LogP contribution < -0.4 is 5.32 Å². The van der Waals surface area contributed by atoms with Crippen molar-refractivity contribution in [2.75, 3.05) is 11.9 Å². The Bertz CT molecular complexity index is 927. The zero-order chi connectivity index (χ0) is 19.1. The van der Waals surface area contributed by atoms with Gasteiger partial charge in [0.25, 0.3) is 5.91 Å². The van der Waals surface area contributed by atoms with Crippen molar-refractivity contribution in [2.24, 2.45) is 4.99 Å². The third-order valence-electron chi connectivity index (χ3n) is 3.67. The molecule has 136 valence electrons. The molecule has 0 aliphatic rings. The average Bonchev–Trinajstić information content (AvgIpc) is 3.21. The Morgan fingerprint density at radius 2 is 1.74 bits per heavy atom. The lowest BCUT2D eigenvalue weighted by atomic mass is 10.1. The van der Waals surface area contributed by atoms with Crippen LogP contribution in [0.2, 0.25) is 0 Å². The lowest BCUT2D eigenvalue weighted by Gasteiger charge is -2.07. The molecule has 0 fully saturated rings. The maximum atomic E-state index is 12.3. The molecule has 0 aliphatic carbocycles. The minimum atomic E-state index is -0.388. The van der Waals surface area contributed by atoms with Gasteiger partial charge in [-0.3, -0.25) is 9.79 Å². The van der Waals surface area contributed by atoms with E-state index < -0.39 is 0 Å². The van der Waals surface area contributed by atoms with Crippen LogP contribution in [0.3, 0.4) is 0 Å². The largest absolute Gasteiger partial charge is 0.463 e. The van der Waals surface area contributed by atoms with Gasteiger partial charge in [-0.05, 0) is 67.6 Å². The van der Waals surface area contributed by atoms with Crippen LogP contribution >= 0.6 is 0 Å². The summed E-state index contributed by atoms with van der Waals surface area (Å²) in [6.45, 7) is 2.07. The summed E-state index contributed by atoms with van der Waals surface area (Å²) in [5.41, 5.74) is 2.24. The summed E-state index contributed by atoms with van der Waals surface area (Å²) in [5.74, 6) is 0.0182. The van der Waals surface area contributed by atoms with Crippen LogP contribution in [0.25, 0.3) is 0 Å². The van der Waals surface area contributed by atoms with E-state index in [9.17, 15) is 9.59 Å². The summed E-state index contributed by atoms with van der Waals surface area (Å²) in [5, 5.41) is 2.79. The molecule has 1 heterocycles. The van der Waals surface area contributed by atoms with Crippen molar-refractivity contribution in [2.45, 2.75) is 6.92 Å². The van der Waals surface area contributed by atoms with Gasteiger partial charge in [-0.2, -0.15) is 0 Å². The van der Waals surface area contributed by atoms with Crippen LogP contribution in [0.15, 0.2) is 76.3 Å². The summed E-state index contributed by atoms with van der Waals surface area (Å²) < 4.78 is 10.1. The maximum Gasteiger partial charge on any atom is 0.338 e. The molecule has 0 aliphatic heterocycles. The van der Waals surface area contributed by atoms with Gasteiger partial charge >= 0.3 is 5.97 Å². The smallest absolute Gasteiger partial charge is 0.338 e. The second kappa shape index (κ2) is 8.62. The molecule has 6 heteroatoms. The van der Waals surface area contributed by atoms with Crippen molar-refractivity contribution < 1.29 is 18.7 Å². The predicted octanol–water partition coefficient (Wildman–Crippen LogP) is 4.46. The third-order valence-corrected chi connectivity index (χ3v) is 3.67. The van der Waals surface area contributed by atoms with Crippen LogP contribution in [-0.4, -0.2) is 24.7 Å². The van der Waals surface area contributed by atoms with E-state index >= 15 is 0 Å². The summed E-state index contributed by atoms with van der Waals surface area (Å²) in [6, 6.07) is 17.0. The number of rotatable bonds is 6. The van der Waals surface area contributed by atoms with E-state index in [1.165, 1.54) is 0 Å². The van der Waals surface area contributed by atoms with Crippen molar-refractivity contribution in [3.63, 3.8) is 0 Å². The number of carbonyl (C=O) groups excluding carboxylic acids is 2. The van der Waals surface area contributed by atoms with E-state index in [1.54, 1.807) is 80.1 Å². The van der Waals surface area contributed by atoms with Gasteiger partial charge in [0.1, 0.15) is 5.76 Å². The molecule has 27 heavy (non-hydrogen) atoms. The molecule has 6 nitrogen and oxygen atoms in total. The number of hydrogen-bond donors (Lipinski definition) is 1. The van der Waals surface area contributed by atoms with Crippen molar-refractivity contribution in [3.05, 3.63) is 83.8 Å². The lowest BCUT2D eigenvalue weighted by molar-refractivity contribution is 0.0526. The third kappa shape index (κ3) is 4.92. The molecule has 1 aromatic heterocycles. The first-order valence-corrected chi connectivity index (χ1v) is 8.42. The van der Waals surface area contributed by atoms with Crippen LogP contribution in [-0.2, 0) is 4.74 Å². The topological polar surface area (TPSA) is 80.9 Å². The first-order valence-electron chi connectivity index (χ1n) is 8.42. The van der Waals surface area contributed by atoms with Gasteiger partial charge in [0.05, 0.1) is 30.3 Å². The van der Waals surface area contributed by atoms with Gasteiger partial charge in [0.15, 0.2) is 0 Å². The van der Waals surface area contributed by atoms with Crippen molar-refractivity contribution in [1.29, 1.82) is 0 Å². The van der Waals surface area contributed by atoms with Gasteiger partial charge < -0.3 is 14.5 Å². The van der Waals surface area contributed by atoms with Crippen LogP contribution in [0, 0.1) is 0 Å². The number of amides is 1. The number of aliphatic imine (C=N–C) groups is 1. The quantitative estimate of drug-likeness (QED) is 0.518. The molecule has 0 spiro atoms. The van der Waals surface area contributed by atoms with E-state index in [2.05, 4.69) is 10.3 Å². The number of anilines is 1. The Morgan fingerprint density at radius 3 is 2.37 bits per heavy atom. The number of nitrogens with zero attached hydrogens (tertiary/aromatic N) is 1. The minimum absolute atomic E-state index is 0.250. The molecule has 0 saturated heterocycles. The van der Waals surface area contributed by atoms with Gasteiger partial charge in [0, 0.05) is 11.3 Å². The van der Waals surface area contributed by atoms with Crippen LogP contribution in [0.4, 0.5) is 11.4 Å². The highest BCUT2D eigenvalue weighted by atomic mass is 16.5. The molecule has 0 unspecified atom stereocenters. The second-order valence-electron chi connectivity index (χ2n) is 5.57. The van der Waals surface area contributed by atoms with Gasteiger partial charge in [-0.15, -0.1) is 0 Å². The molecule has 0 saturated carbocycles. The number of furan rings is 1. The first-order chi connectivity index (χ1) is 13.2. The standard InChI is InChI=1S/C21H18N2O4/c1-2-26-21(25)16-7-11-18(12-8-16)23-20(24)15-5-9-17(10-6-15)22-14-19-4-3-13-27-19/h3-14H,2H2,1H3,(H,23,24). The maximum absolute atomic E-state index is 12.3. The Balaban J connectivity index is 1.61. The van der Waals surface area contributed by atoms with Gasteiger partial charge in [-0.25, -0.2) is 4.79 Å². The molecule has 0 atom stereocenters. The number of ether oxygens (including phenoxy) is 1. The van der Waals surface area contributed by atoms with E-state index in [4.69, 9.17) is 9.15 Å². The fourth-order valence-corrected chi connectivity index (χ4v) is 2.31. The highest BCUT2D eigenvalue weighted by molar-refractivity contribution is 6.04. The first kappa shape index (κ1) is 18.1. The minimum Gasteiger partial charge on any atom is -0.463 e. The fraction of sp³-hybridized carbons (Fsp3) is 0.0952. The van der Waals surface area contributed by atoms with Crippen LogP contribution in [0.1, 0.15) is 33.4 Å². The molecule has 0 radical (unpaired) electrons. The zero-order valence-corrected chi connectivity index (χ0v) is 14.7. The molecule has 3 aromatic rings. The summed E-state index contributed by atoms with van der Waals surface area (Å²) >= 11 is 0. The molecular weight excluding hydrogens is 344 g/mol. The highest BCUT2D eigenvalue weighted by Gasteiger charge is 2.08. The molecule has 1 amide bonds. The number of carbonyl (C=O) groups is 2. The van der Waals surface area contributed by atoms with E-state index in [0.717, 1.165) is 0 Å². The summed E-state index contributed by atoms with van der Waals surface area (Å²) in [6.07, 6.45) is 3.19. The Kier molecular flexibility index (Phi) is 5.79. The summed E-state index contributed by atoms with van der Waals surface area (Å²) in [7, 11) is 0. The lowest BCUT2D eigenvalue weighted by Crippen LogP contribution is -2.12. The molecule has 1 N–H and O–H groups in total. The molecule has 2 aromatic carbocycles. The van der Waals surface area contributed by atoms with Crippen molar-refractivity contribution in [3.8, 4) is 0 Å². The Labute approximate surface area is 156 Å². The monoisotopic (exact) mass is 362 g/mol. The number of nitrogens with one attached hydrogen (secondary N) is 1. The Hall–Kier alpha value is -3.67. The van der Waals surface area contributed by atoms with Crippen LogP contribution in [0.5, 0.6) is 0 Å². The van der Waals surface area contributed by atoms with Gasteiger partial charge in [-0.1, -0.05) is 0 Å². The van der Waals surface area contributed by atoms with E-state index in [-0.39, 0.29) is 11.9 Å². The number of benzene rings is 2. The van der Waals surface area contributed by atoms with E-state index in [0.29, 0.717) is 34.9 Å². The second-order valence-corrected chi connectivity index (χ2v) is 5.57. The molecule has 3 rings (SSSR count).